The van der Waals surface area contributed by atoms with Gasteiger partial charge in [-0.1, -0.05) is 6.42 Å². The van der Waals surface area contributed by atoms with Crippen LogP contribution in [0.1, 0.15) is 26.2 Å². The van der Waals surface area contributed by atoms with Gasteiger partial charge in [0.05, 0.1) is 13.2 Å². The van der Waals surface area contributed by atoms with Gasteiger partial charge in [-0.2, -0.15) is 0 Å². The van der Waals surface area contributed by atoms with E-state index >= 15 is 0 Å². The fourth-order valence-corrected chi connectivity index (χ4v) is 2.48. The van der Waals surface area contributed by atoms with Crippen LogP contribution in [0.3, 0.4) is 0 Å². The highest BCUT2D eigenvalue weighted by Crippen LogP contribution is 2.13. The molecule has 0 aromatic carbocycles. The molecule has 3 nitrogen and oxygen atoms in total. The Labute approximate surface area is 86.8 Å². The van der Waals surface area contributed by atoms with E-state index in [0.29, 0.717) is 0 Å². The Balaban J connectivity index is 1.72. The second kappa shape index (κ2) is 5.10. The van der Waals surface area contributed by atoms with Crippen molar-refractivity contribution >= 4 is 0 Å². The van der Waals surface area contributed by atoms with E-state index in [0.717, 1.165) is 38.4 Å². The standard InChI is InChI=1S/C11H22N2O/c1-10-3-2-4-11(12-10)9-13-5-7-14-8-6-13/h10-12H,2-9H2,1H3. The average molecular weight is 198 g/mol. The Hall–Kier alpha value is -0.120. The van der Waals surface area contributed by atoms with Crippen LogP contribution >= 0.6 is 0 Å². The van der Waals surface area contributed by atoms with Crippen LogP contribution in [0.4, 0.5) is 0 Å². The van der Waals surface area contributed by atoms with E-state index < -0.39 is 0 Å². The van der Waals surface area contributed by atoms with E-state index in [1.807, 2.05) is 0 Å². The van der Waals surface area contributed by atoms with Gasteiger partial charge in [-0.05, 0) is 19.8 Å². The highest BCUT2D eigenvalue weighted by Gasteiger charge is 2.21. The summed E-state index contributed by atoms with van der Waals surface area (Å²) in [5.41, 5.74) is 0. The molecule has 0 amide bonds. The molecule has 14 heavy (non-hydrogen) atoms. The van der Waals surface area contributed by atoms with Crippen LogP contribution in [0, 0.1) is 0 Å². The Morgan fingerprint density at radius 3 is 2.79 bits per heavy atom. The van der Waals surface area contributed by atoms with Crippen molar-refractivity contribution in [1.29, 1.82) is 0 Å². The van der Waals surface area contributed by atoms with Crippen molar-refractivity contribution in [2.45, 2.75) is 38.3 Å². The highest BCUT2D eigenvalue weighted by atomic mass is 16.5. The predicted octanol–water partition coefficient (Wildman–Crippen LogP) is 0.849. The molecule has 2 fully saturated rings. The van der Waals surface area contributed by atoms with Gasteiger partial charge in [-0.15, -0.1) is 0 Å². The number of nitrogens with zero attached hydrogens (tertiary/aromatic N) is 1. The first kappa shape index (κ1) is 10.4. The highest BCUT2D eigenvalue weighted by molar-refractivity contribution is 4.80. The minimum absolute atomic E-state index is 0.717. The van der Waals surface area contributed by atoms with Crippen LogP contribution in [-0.4, -0.2) is 49.8 Å². The molecule has 2 atom stereocenters. The van der Waals surface area contributed by atoms with Gasteiger partial charge in [0.25, 0.3) is 0 Å². The monoisotopic (exact) mass is 198 g/mol. The van der Waals surface area contributed by atoms with Crippen LogP contribution < -0.4 is 5.32 Å². The summed E-state index contributed by atoms with van der Waals surface area (Å²) < 4.78 is 5.35. The Bertz CT molecular complexity index is 169. The fourth-order valence-electron chi connectivity index (χ4n) is 2.48. The van der Waals surface area contributed by atoms with Crippen molar-refractivity contribution in [3.05, 3.63) is 0 Å². The lowest BCUT2D eigenvalue weighted by atomic mass is 9.99. The Morgan fingerprint density at radius 1 is 1.29 bits per heavy atom. The summed E-state index contributed by atoms with van der Waals surface area (Å²) in [5.74, 6) is 0. The summed E-state index contributed by atoms with van der Waals surface area (Å²) >= 11 is 0. The molecule has 0 bridgehead atoms. The van der Waals surface area contributed by atoms with Gasteiger partial charge in [0.1, 0.15) is 0 Å². The smallest absolute Gasteiger partial charge is 0.0594 e. The average Bonchev–Trinajstić information content (AvgIpc) is 2.19. The van der Waals surface area contributed by atoms with Crippen molar-refractivity contribution in [1.82, 2.24) is 10.2 Å². The van der Waals surface area contributed by atoms with Gasteiger partial charge in [0.2, 0.25) is 0 Å². The second-order valence-corrected chi connectivity index (χ2v) is 4.61. The molecule has 1 N–H and O–H groups in total. The third-order valence-electron chi connectivity index (χ3n) is 3.29. The van der Waals surface area contributed by atoms with E-state index in [1.54, 1.807) is 0 Å². The van der Waals surface area contributed by atoms with E-state index in [2.05, 4.69) is 17.1 Å². The maximum atomic E-state index is 5.35. The van der Waals surface area contributed by atoms with Crippen LogP contribution in [0.25, 0.3) is 0 Å². The van der Waals surface area contributed by atoms with Crippen molar-refractivity contribution in [3.8, 4) is 0 Å². The summed E-state index contributed by atoms with van der Waals surface area (Å²) in [4.78, 5) is 2.53. The molecule has 3 heteroatoms. The first-order chi connectivity index (χ1) is 6.84. The summed E-state index contributed by atoms with van der Waals surface area (Å²) in [6.45, 7) is 7.59. The van der Waals surface area contributed by atoms with E-state index in [-0.39, 0.29) is 0 Å². The van der Waals surface area contributed by atoms with Gasteiger partial charge in [0.15, 0.2) is 0 Å². The molecule has 0 aromatic rings. The molecule has 2 unspecified atom stereocenters. The van der Waals surface area contributed by atoms with Gasteiger partial charge in [-0.25, -0.2) is 0 Å². The molecule has 0 radical (unpaired) electrons. The SMILES string of the molecule is CC1CCCC(CN2CCOCC2)N1. The lowest BCUT2D eigenvalue weighted by Crippen LogP contribution is -2.49. The molecule has 0 aromatic heterocycles. The molecule has 0 aliphatic carbocycles. The zero-order valence-electron chi connectivity index (χ0n) is 9.17. The van der Waals surface area contributed by atoms with Crippen LogP contribution in [-0.2, 0) is 4.74 Å². The molecule has 0 spiro atoms. The minimum atomic E-state index is 0.717. The summed E-state index contributed by atoms with van der Waals surface area (Å²) in [7, 11) is 0. The number of piperidine rings is 1. The number of nitrogens with one attached hydrogen (secondary N) is 1. The maximum Gasteiger partial charge on any atom is 0.0594 e. The van der Waals surface area contributed by atoms with Crippen LogP contribution in [0.15, 0.2) is 0 Å². The van der Waals surface area contributed by atoms with Gasteiger partial charge < -0.3 is 10.1 Å². The number of hydrogen-bond acceptors (Lipinski definition) is 3. The zero-order chi connectivity index (χ0) is 9.80. The molecule has 2 heterocycles. The number of hydrogen-bond donors (Lipinski definition) is 1. The van der Waals surface area contributed by atoms with Crippen LogP contribution in [0.2, 0.25) is 0 Å². The first-order valence-corrected chi connectivity index (χ1v) is 5.91. The number of rotatable bonds is 2. The summed E-state index contributed by atoms with van der Waals surface area (Å²) in [6.07, 6.45) is 4.09. The fraction of sp³-hybridized carbons (Fsp3) is 1.00. The molecule has 0 saturated carbocycles. The van der Waals surface area contributed by atoms with Crippen molar-refractivity contribution in [2.24, 2.45) is 0 Å². The number of ether oxygens (including phenoxy) is 1. The first-order valence-electron chi connectivity index (χ1n) is 5.91. The Kier molecular flexibility index (Phi) is 3.79. The molecule has 2 rings (SSSR count). The van der Waals surface area contributed by atoms with Gasteiger partial charge in [-0.3, -0.25) is 4.90 Å². The van der Waals surface area contributed by atoms with E-state index in [4.69, 9.17) is 4.74 Å². The predicted molar refractivity (Wildman–Crippen MR) is 57.5 cm³/mol. The molecular formula is C11H22N2O. The zero-order valence-corrected chi connectivity index (χ0v) is 9.17. The third-order valence-corrected chi connectivity index (χ3v) is 3.29. The normalized spacial score (nSPS) is 35.8. The van der Waals surface area contributed by atoms with Crippen molar-refractivity contribution in [3.63, 3.8) is 0 Å². The topological polar surface area (TPSA) is 24.5 Å². The minimum Gasteiger partial charge on any atom is -0.379 e. The molecule has 2 aliphatic rings. The maximum absolute atomic E-state index is 5.35. The van der Waals surface area contributed by atoms with Crippen LogP contribution in [0.5, 0.6) is 0 Å². The number of morpholine rings is 1. The third kappa shape index (κ3) is 2.94. The molecular weight excluding hydrogens is 176 g/mol. The molecule has 82 valence electrons. The van der Waals surface area contributed by atoms with E-state index in [9.17, 15) is 0 Å². The summed E-state index contributed by atoms with van der Waals surface area (Å²) in [5, 5.41) is 3.68. The lowest BCUT2D eigenvalue weighted by molar-refractivity contribution is 0.0312. The molecule has 2 saturated heterocycles. The van der Waals surface area contributed by atoms with Crippen molar-refractivity contribution < 1.29 is 4.74 Å². The quantitative estimate of drug-likeness (QED) is 0.712. The van der Waals surface area contributed by atoms with E-state index in [1.165, 1.54) is 25.8 Å². The largest absolute Gasteiger partial charge is 0.379 e. The lowest BCUT2D eigenvalue weighted by Gasteiger charge is -2.34. The van der Waals surface area contributed by atoms with Gasteiger partial charge in [0, 0.05) is 31.7 Å². The second-order valence-electron chi connectivity index (χ2n) is 4.61. The summed E-state index contributed by atoms with van der Waals surface area (Å²) in [6, 6.07) is 1.44. The molecule has 2 aliphatic heterocycles. The Morgan fingerprint density at radius 2 is 2.07 bits per heavy atom. The van der Waals surface area contributed by atoms with Crippen molar-refractivity contribution in [2.75, 3.05) is 32.8 Å². The van der Waals surface area contributed by atoms with Gasteiger partial charge >= 0.3 is 0 Å².